The zero-order valence-corrected chi connectivity index (χ0v) is 13.4. The smallest absolute Gasteiger partial charge is 0.305 e. The summed E-state index contributed by atoms with van der Waals surface area (Å²) in [6.45, 7) is 1.02. The minimum atomic E-state index is -2.89. The summed E-state index contributed by atoms with van der Waals surface area (Å²) in [5.41, 5.74) is 0.133. The summed E-state index contributed by atoms with van der Waals surface area (Å²) in [5, 5.41) is 5.01. The van der Waals surface area contributed by atoms with Crippen molar-refractivity contribution in [3.8, 4) is 0 Å². The zero-order chi connectivity index (χ0) is 16.6. The molecule has 1 aliphatic heterocycles. The third-order valence-electron chi connectivity index (χ3n) is 4.92. The van der Waals surface area contributed by atoms with Crippen LogP contribution in [0.2, 0.25) is 0 Å². The fraction of sp³-hybridized carbons (Fsp3) is 0.647. The minimum absolute atomic E-state index is 0.113. The van der Waals surface area contributed by atoms with Gasteiger partial charge in [0.1, 0.15) is 5.82 Å². The maximum Gasteiger partial charge on any atom is 0.360 e. The molecule has 2 fully saturated rings. The molecule has 3 nitrogen and oxygen atoms in total. The number of benzene rings is 1. The Morgan fingerprint density at radius 3 is 2.70 bits per heavy atom. The van der Waals surface area contributed by atoms with Crippen molar-refractivity contribution in [3.63, 3.8) is 0 Å². The maximum absolute atomic E-state index is 13.7. The quantitative estimate of drug-likeness (QED) is 0.907. The van der Waals surface area contributed by atoms with Crippen molar-refractivity contribution in [3.05, 3.63) is 35.6 Å². The number of piperazine rings is 1. The summed E-state index contributed by atoms with van der Waals surface area (Å²) in [6.07, 6.45) is 3.80. The van der Waals surface area contributed by atoms with Gasteiger partial charge in [0.25, 0.3) is 0 Å². The predicted molar refractivity (Wildman–Crippen MR) is 81.3 cm³/mol. The van der Waals surface area contributed by atoms with Crippen molar-refractivity contribution >= 4 is 0 Å². The summed E-state index contributed by atoms with van der Waals surface area (Å²) >= 11 is 0. The highest BCUT2D eigenvalue weighted by molar-refractivity contribution is 5.25. The highest BCUT2D eigenvalue weighted by atomic mass is 19.3. The Morgan fingerprint density at radius 2 is 2.00 bits per heavy atom. The molecule has 23 heavy (non-hydrogen) atoms. The Hall–Kier alpha value is -1.11. The minimum Gasteiger partial charge on any atom is -0.305 e. The van der Waals surface area contributed by atoms with Gasteiger partial charge in [0.15, 0.2) is 0 Å². The molecule has 1 saturated heterocycles. The largest absolute Gasteiger partial charge is 0.360 e. The van der Waals surface area contributed by atoms with Crippen molar-refractivity contribution in [1.29, 1.82) is 0 Å². The molecule has 0 amide bonds. The lowest BCUT2D eigenvalue weighted by Gasteiger charge is -2.55. The molecule has 1 aliphatic carbocycles. The van der Waals surface area contributed by atoms with Crippen LogP contribution in [0.1, 0.15) is 51.1 Å². The van der Waals surface area contributed by atoms with Crippen molar-refractivity contribution in [2.75, 3.05) is 0 Å². The molecule has 6 heteroatoms. The van der Waals surface area contributed by atoms with Crippen LogP contribution in [0.5, 0.6) is 0 Å². The van der Waals surface area contributed by atoms with E-state index in [4.69, 9.17) is 4.84 Å². The predicted octanol–water partition coefficient (Wildman–Crippen LogP) is 4.02. The Balaban J connectivity index is 2.00. The lowest BCUT2D eigenvalue weighted by atomic mass is 9.78. The number of nitrogens with zero attached hydrogens (tertiary/aromatic N) is 1. The number of nitrogens with one attached hydrogen (secondary N) is 1. The van der Waals surface area contributed by atoms with Gasteiger partial charge in [-0.3, -0.25) is 0 Å². The van der Waals surface area contributed by atoms with Gasteiger partial charge in [-0.2, -0.15) is 13.8 Å². The number of hydrogen-bond donors (Lipinski definition) is 1. The van der Waals surface area contributed by atoms with Crippen molar-refractivity contribution < 1.29 is 18.0 Å². The van der Waals surface area contributed by atoms with Gasteiger partial charge in [0, 0.05) is 11.6 Å². The average molecular weight is 328 g/mol. The van der Waals surface area contributed by atoms with Crippen LogP contribution in [0.25, 0.3) is 0 Å². The molecular formula is C17H23F3N2O. The summed E-state index contributed by atoms with van der Waals surface area (Å²) in [7, 11) is 0. The number of hydroxylamine groups is 2. The molecule has 0 aromatic heterocycles. The van der Waals surface area contributed by atoms with Crippen LogP contribution in [-0.4, -0.2) is 29.3 Å². The van der Waals surface area contributed by atoms with Gasteiger partial charge in [-0.25, -0.2) is 9.23 Å². The fourth-order valence-electron chi connectivity index (χ4n) is 4.12. The second kappa shape index (κ2) is 6.42. The molecule has 0 radical (unpaired) electrons. The standard InChI is InChI=1S/C17H23F3N2O/c1-17(2)15(11-6-5-7-12(18)10-11)22(23-16(19)20)14-9-4-3-8-13(14)21-17/h5-7,10,13-16,21H,3-4,8-9H2,1-2H3/t13-,14-,15?/m1/s1. The molecule has 1 aromatic carbocycles. The number of hydrogen-bond acceptors (Lipinski definition) is 3. The van der Waals surface area contributed by atoms with Gasteiger partial charge in [-0.15, -0.1) is 0 Å². The molecule has 0 bridgehead atoms. The molecule has 1 saturated carbocycles. The number of alkyl halides is 2. The van der Waals surface area contributed by atoms with Gasteiger partial charge in [-0.05, 0) is 44.4 Å². The zero-order valence-electron chi connectivity index (χ0n) is 13.4. The molecule has 1 heterocycles. The normalized spacial score (nSPS) is 31.1. The lowest BCUT2D eigenvalue weighted by molar-refractivity contribution is -0.338. The van der Waals surface area contributed by atoms with E-state index in [2.05, 4.69) is 5.32 Å². The summed E-state index contributed by atoms with van der Waals surface area (Å²) in [4.78, 5) is 4.94. The monoisotopic (exact) mass is 328 g/mol. The summed E-state index contributed by atoms with van der Waals surface area (Å²) in [6, 6.07) is 5.64. The first-order valence-electron chi connectivity index (χ1n) is 8.15. The molecule has 1 N–H and O–H groups in total. The molecule has 2 aliphatic rings. The lowest BCUT2D eigenvalue weighted by Crippen LogP contribution is -2.68. The highest BCUT2D eigenvalue weighted by Crippen LogP contribution is 2.42. The van der Waals surface area contributed by atoms with E-state index in [-0.39, 0.29) is 17.9 Å². The first kappa shape index (κ1) is 16.7. The number of halogens is 3. The first-order chi connectivity index (χ1) is 10.9. The molecule has 3 rings (SSSR count). The van der Waals surface area contributed by atoms with Crippen LogP contribution in [-0.2, 0) is 4.84 Å². The third kappa shape index (κ3) is 3.39. The summed E-state index contributed by atoms with van der Waals surface area (Å²) in [5.74, 6) is -0.374. The second-order valence-corrected chi connectivity index (χ2v) is 7.01. The van der Waals surface area contributed by atoms with Crippen LogP contribution in [0.3, 0.4) is 0 Å². The molecule has 1 aromatic rings. The van der Waals surface area contributed by atoms with Crippen LogP contribution in [0, 0.1) is 5.82 Å². The van der Waals surface area contributed by atoms with Gasteiger partial charge < -0.3 is 5.32 Å². The van der Waals surface area contributed by atoms with Crippen molar-refractivity contribution in [1.82, 2.24) is 10.4 Å². The van der Waals surface area contributed by atoms with E-state index in [1.54, 1.807) is 12.1 Å². The topological polar surface area (TPSA) is 24.5 Å². The van der Waals surface area contributed by atoms with E-state index in [1.807, 2.05) is 13.8 Å². The van der Waals surface area contributed by atoms with E-state index in [1.165, 1.54) is 17.2 Å². The third-order valence-corrected chi connectivity index (χ3v) is 4.92. The van der Waals surface area contributed by atoms with Gasteiger partial charge >= 0.3 is 6.61 Å². The highest BCUT2D eigenvalue weighted by Gasteiger charge is 2.49. The van der Waals surface area contributed by atoms with Crippen LogP contribution in [0.4, 0.5) is 13.2 Å². The van der Waals surface area contributed by atoms with Crippen LogP contribution in [0.15, 0.2) is 24.3 Å². The molecular weight excluding hydrogens is 305 g/mol. The Morgan fingerprint density at radius 1 is 1.26 bits per heavy atom. The number of rotatable bonds is 3. The molecule has 3 atom stereocenters. The van der Waals surface area contributed by atoms with Crippen molar-refractivity contribution in [2.45, 2.75) is 69.8 Å². The molecule has 1 unspecified atom stereocenters. The van der Waals surface area contributed by atoms with Crippen LogP contribution < -0.4 is 5.32 Å². The Bertz CT molecular complexity index is 552. The average Bonchev–Trinajstić information content (AvgIpc) is 2.45. The van der Waals surface area contributed by atoms with E-state index >= 15 is 0 Å². The number of fused-ring (bicyclic) bond motifs is 1. The molecule has 0 spiro atoms. The summed E-state index contributed by atoms with van der Waals surface area (Å²) < 4.78 is 39.7. The maximum atomic E-state index is 13.7. The van der Waals surface area contributed by atoms with Gasteiger partial charge in [0.2, 0.25) is 0 Å². The van der Waals surface area contributed by atoms with Gasteiger partial charge in [0.05, 0.1) is 12.1 Å². The first-order valence-corrected chi connectivity index (χ1v) is 8.15. The van der Waals surface area contributed by atoms with Crippen molar-refractivity contribution in [2.24, 2.45) is 0 Å². The van der Waals surface area contributed by atoms with Gasteiger partial charge in [-0.1, -0.05) is 25.0 Å². The van der Waals surface area contributed by atoms with E-state index < -0.39 is 18.2 Å². The molecule has 128 valence electrons. The van der Waals surface area contributed by atoms with E-state index in [9.17, 15) is 13.2 Å². The fourth-order valence-corrected chi connectivity index (χ4v) is 4.12. The second-order valence-electron chi connectivity index (χ2n) is 7.01. The van der Waals surface area contributed by atoms with E-state index in [0.717, 1.165) is 25.7 Å². The van der Waals surface area contributed by atoms with Crippen LogP contribution >= 0.6 is 0 Å². The van der Waals surface area contributed by atoms with E-state index in [0.29, 0.717) is 5.56 Å². The SMILES string of the molecule is CC1(C)N[C@@H]2CCCC[C@H]2N(OC(F)F)C1c1cccc(F)c1. The Kier molecular flexibility index (Phi) is 4.67. The Labute approximate surface area is 134 Å².